The lowest BCUT2D eigenvalue weighted by Gasteiger charge is -2.28. The minimum absolute atomic E-state index is 0.252. The topological polar surface area (TPSA) is 70.7 Å². The van der Waals surface area contributed by atoms with Crippen molar-refractivity contribution in [2.75, 3.05) is 43.1 Å². The number of anilines is 2. The van der Waals surface area contributed by atoms with E-state index in [2.05, 4.69) is 27.7 Å². The van der Waals surface area contributed by atoms with Gasteiger partial charge in [0.2, 0.25) is 0 Å². The highest BCUT2D eigenvalue weighted by Crippen LogP contribution is 2.17. The summed E-state index contributed by atoms with van der Waals surface area (Å²) in [6.07, 6.45) is 0.613. The molecule has 0 radical (unpaired) electrons. The van der Waals surface area contributed by atoms with Crippen molar-refractivity contribution in [2.45, 2.75) is 13.3 Å². The number of rotatable bonds is 5. The van der Waals surface area contributed by atoms with Crippen molar-refractivity contribution in [1.29, 1.82) is 0 Å². The van der Waals surface area contributed by atoms with Crippen LogP contribution in [0, 0.1) is 12.7 Å². The largest absolute Gasteiger partial charge is 0.378 e. The quantitative estimate of drug-likeness (QED) is 0.775. The van der Waals surface area contributed by atoms with Gasteiger partial charge in [0, 0.05) is 31.0 Å². The Morgan fingerprint density at radius 3 is 2.46 bits per heavy atom. The van der Waals surface area contributed by atoms with Crippen molar-refractivity contribution < 1.29 is 18.7 Å². The minimum Gasteiger partial charge on any atom is -0.378 e. The van der Waals surface area contributed by atoms with Crippen molar-refractivity contribution in [3.05, 3.63) is 59.4 Å². The van der Waals surface area contributed by atoms with Crippen molar-refractivity contribution in [2.24, 2.45) is 0 Å². The Hall–Kier alpha value is -2.93. The van der Waals surface area contributed by atoms with Crippen molar-refractivity contribution in [3.63, 3.8) is 0 Å². The molecule has 28 heavy (non-hydrogen) atoms. The summed E-state index contributed by atoms with van der Waals surface area (Å²) in [4.78, 5) is 26.1. The average Bonchev–Trinajstić information content (AvgIpc) is 2.72. The number of aryl methyl sites for hydroxylation is 1. The summed E-state index contributed by atoms with van der Waals surface area (Å²) in [7, 11) is 0. The van der Waals surface area contributed by atoms with Gasteiger partial charge in [-0.1, -0.05) is 18.2 Å². The lowest BCUT2D eigenvalue weighted by atomic mass is 10.1. The zero-order chi connectivity index (χ0) is 19.9. The van der Waals surface area contributed by atoms with Gasteiger partial charge in [0.05, 0.1) is 13.2 Å². The molecule has 7 heteroatoms. The number of carbonyl (C=O) groups is 2. The highest BCUT2D eigenvalue weighted by atomic mass is 19.1. The molecule has 0 aliphatic carbocycles. The van der Waals surface area contributed by atoms with Gasteiger partial charge in [0.15, 0.2) is 0 Å². The van der Waals surface area contributed by atoms with Crippen LogP contribution in [0.5, 0.6) is 0 Å². The van der Waals surface area contributed by atoms with Crippen LogP contribution in [0.25, 0.3) is 0 Å². The first-order chi connectivity index (χ1) is 13.5. The first kappa shape index (κ1) is 19.8. The van der Waals surface area contributed by atoms with Gasteiger partial charge in [-0.15, -0.1) is 0 Å². The number of nitrogens with one attached hydrogen (secondary N) is 2. The molecule has 1 heterocycles. The first-order valence-corrected chi connectivity index (χ1v) is 9.30. The SMILES string of the molecule is Cc1ccc(NC(=O)C(=O)NCCc2ccc(N3CCOCC3)cc2)cc1F. The number of nitrogens with zero attached hydrogens (tertiary/aromatic N) is 1. The summed E-state index contributed by atoms with van der Waals surface area (Å²) >= 11 is 0. The molecule has 148 valence electrons. The molecular weight excluding hydrogens is 361 g/mol. The first-order valence-electron chi connectivity index (χ1n) is 9.30. The molecule has 2 aromatic carbocycles. The van der Waals surface area contributed by atoms with Crippen LogP contribution in [0.3, 0.4) is 0 Å². The van der Waals surface area contributed by atoms with Crippen LogP contribution in [0.2, 0.25) is 0 Å². The third kappa shape index (κ3) is 5.29. The van der Waals surface area contributed by atoms with Crippen LogP contribution >= 0.6 is 0 Å². The van der Waals surface area contributed by atoms with E-state index in [9.17, 15) is 14.0 Å². The van der Waals surface area contributed by atoms with Crippen molar-refractivity contribution in [3.8, 4) is 0 Å². The summed E-state index contributed by atoms with van der Waals surface area (Å²) in [6, 6.07) is 12.4. The number of morpholine rings is 1. The van der Waals surface area contributed by atoms with Crippen molar-refractivity contribution >= 4 is 23.2 Å². The monoisotopic (exact) mass is 385 g/mol. The molecule has 0 unspecified atom stereocenters. The molecule has 0 spiro atoms. The fourth-order valence-corrected chi connectivity index (χ4v) is 2.95. The third-order valence-corrected chi connectivity index (χ3v) is 4.65. The number of amides is 2. The average molecular weight is 385 g/mol. The van der Waals surface area contributed by atoms with Gasteiger partial charge in [0.1, 0.15) is 5.82 Å². The lowest BCUT2D eigenvalue weighted by Crippen LogP contribution is -2.36. The molecule has 0 aromatic heterocycles. The van der Waals surface area contributed by atoms with Crippen LogP contribution < -0.4 is 15.5 Å². The molecule has 2 amide bonds. The molecule has 1 aliphatic rings. The maximum absolute atomic E-state index is 13.5. The van der Waals surface area contributed by atoms with Crippen LogP contribution in [0.1, 0.15) is 11.1 Å². The molecule has 1 aliphatic heterocycles. The van der Waals surface area contributed by atoms with Crippen molar-refractivity contribution in [1.82, 2.24) is 5.32 Å². The van der Waals surface area contributed by atoms with Gasteiger partial charge in [-0.25, -0.2) is 4.39 Å². The predicted octanol–water partition coefficient (Wildman–Crippen LogP) is 2.27. The number of carbonyl (C=O) groups excluding carboxylic acids is 2. The number of hydrogen-bond donors (Lipinski definition) is 2. The summed E-state index contributed by atoms with van der Waals surface area (Å²) in [5.41, 5.74) is 2.95. The smallest absolute Gasteiger partial charge is 0.313 e. The molecule has 0 saturated carbocycles. The zero-order valence-electron chi connectivity index (χ0n) is 15.8. The molecule has 0 atom stereocenters. The molecule has 3 rings (SSSR count). The third-order valence-electron chi connectivity index (χ3n) is 4.65. The summed E-state index contributed by atoms with van der Waals surface area (Å²) in [5, 5.41) is 4.98. The fraction of sp³-hybridized carbons (Fsp3) is 0.333. The molecule has 2 N–H and O–H groups in total. The van der Waals surface area contributed by atoms with Gasteiger partial charge in [-0.3, -0.25) is 9.59 Å². The standard InChI is InChI=1S/C21H24FN3O3/c1-15-2-5-17(14-19(15)22)24-21(27)20(26)23-9-8-16-3-6-18(7-4-16)25-10-12-28-13-11-25/h2-7,14H,8-13H2,1H3,(H,23,26)(H,24,27). The van der Waals surface area contributed by atoms with E-state index in [1.54, 1.807) is 19.1 Å². The van der Waals surface area contributed by atoms with Gasteiger partial charge in [-0.2, -0.15) is 0 Å². The van der Waals surface area contributed by atoms with E-state index >= 15 is 0 Å². The summed E-state index contributed by atoms with van der Waals surface area (Å²) in [6.45, 7) is 5.22. The second kappa shape index (κ2) is 9.32. The Kier molecular flexibility index (Phi) is 6.60. The second-order valence-electron chi connectivity index (χ2n) is 6.69. The van der Waals surface area contributed by atoms with E-state index in [0.717, 1.165) is 37.6 Å². The minimum atomic E-state index is -0.814. The number of hydrogen-bond acceptors (Lipinski definition) is 4. The van der Waals surface area contributed by atoms with E-state index < -0.39 is 17.6 Å². The van der Waals surface area contributed by atoms with Crippen LogP contribution in [-0.2, 0) is 20.7 Å². The Balaban J connectivity index is 1.44. The van der Waals surface area contributed by atoms with E-state index in [4.69, 9.17) is 4.74 Å². The lowest BCUT2D eigenvalue weighted by molar-refractivity contribution is -0.136. The van der Waals surface area contributed by atoms with E-state index in [1.165, 1.54) is 6.07 Å². The number of benzene rings is 2. The molecule has 1 saturated heterocycles. The Morgan fingerprint density at radius 1 is 1.07 bits per heavy atom. The van der Waals surface area contributed by atoms with Crippen LogP contribution in [-0.4, -0.2) is 44.7 Å². The zero-order valence-corrected chi connectivity index (χ0v) is 15.8. The van der Waals surface area contributed by atoms with Gasteiger partial charge in [0.25, 0.3) is 0 Å². The highest BCUT2D eigenvalue weighted by molar-refractivity contribution is 6.39. The molecule has 2 aromatic rings. The van der Waals surface area contributed by atoms with Gasteiger partial charge in [-0.05, 0) is 48.7 Å². The Morgan fingerprint density at radius 2 is 1.79 bits per heavy atom. The Bertz CT molecular complexity index is 833. The molecule has 0 bridgehead atoms. The Labute approximate surface area is 163 Å². The van der Waals surface area contributed by atoms with E-state index in [-0.39, 0.29) is 5.69 Å². The maximum atomic E-state index is 13.5. The predicted molar refractivity (Wildman–Crippen MR) is 106 cm³/mol. The second-order valence-corrected chi connectivity index (χ2v) is 6.69. The molecular formula is C21H24FN3O3. The van der Waals surface area contributed by atoms with Gasteiger partial charge < -0.3 is 20.3 Å². The van der Waals surface area contributed by atoms with E-state index in [1.807, 2.05) is 12.1 Å². The summed E-state index contributed by atoms with van der Waals surface area (Å²) < 4.78 is 18.9. The molecule has 1 fully saturated rings. The number of halogens is 1. The fourth-order valence-electron chi connectivity index (χ4n) is 2.95. The van der Waals surface area contributed by atoms with E-state index in [0.29, 0.717) is 18.5 Å². The van der Waals surface area contributed by atoms with Crippen LogP contribution in [0.15, 0.2) is 42.5 Å². The highest BCUT2D eigenvalue weighted by Gasteiger charge is 2.14. The normalized spacial score (nSPS) is 13.9. The van der Waals surface area contributed by atoms with Crippen LogP contribution in [0.4, 0.5) is 15.8 Å². The summed E-state index contributed by atoms with van der Waals surface area (Å²) in [5.74, 6) is -1.99. The number of ether oxygens (including phenoxy) is 1. The van der Waals surface area contributed by atoms with Gasteiger partial charge >= 0.3 is 11.8 Å². The molecule has 6 nitrogen and oxygen atoms in total. The maximum Gasteiger partial charge on any atom is 0.313 e.